The number of aliphatic carboxylic acids is 6. The van der Waals surface area contributed by atoms with Gasteiger partial charge in [0, 0.05) is 101 Å². The zero-order valence-corrected chi connectivity index (χ0v) is 43.3. The topological polar surface area (TPSA) is 356 Å². The minimum absolute atomic E-state index is 0.0287. The fraction of sp³-hybridized carbons (Fsp3) is 0.542. The maximum atomic E-state index is 13.5. The second-order valence-corrected chi connectivity index (χ2v) is 19.0. The van der Waals surface area contributed by atoms with Crippen LogP contribution in [-0.4, -0.2) is 218 Å². The van der Waals surface area contributed by atoms with E-state index in [1.807, 2.05) is 29.2 Å². The van der Waals surface area contributed by atoms with E-state index in [-0.39, 0.29) is 122 Å². The van der Waals surface area contributed by atoms with Crippen molar-refractivity contribution in [2.75, 3.05) is 91.6 Å². The summed E-state index contributed by atoms with van der Waals surface area (Å²) >= 11 is 2.17. The highest BCUT2D eigenvalue weighted by molar-refractivity contribution is 14.1. The molecule has 26 heteroatoms. The normalized spacial score (nSPS) is 15.0. The van der Waals surface area contributed by atoms with Crippen LogP contribution < -0.4 is 21.3 Å². The third kappa shape index (κ3) is 25.9. The quantitative estimate of drug-likeness (QED) is 0.0377. The van der Waals surface area contributed by atoms with Gasteiger partial charge in [0.2, 0.25) is 11.8 Å². The van der Waals surface area contributed by atoms with Gasteiger partial charge in [-0.25, -0.2) is 14.4 Å². The van der Waals surface area contributed by atoms with Crippen molar-refractivity contribution in [1.82, 2.24) is 45.8 Å². The molecule has 0 spiro atoms. The predicted octanol–water partition coefficient (Wildman–Crippen LogP) is 0.552. The minimum atomic E-state index is -1.54. The molecule has 2 aromatic carbocycles. The maximum absolute atomic E-state index is 13.5. The SMILES string of the molecule is O=C(O)CC[C@H](NC(=O)N[C@@H](CCCCN(Cc1ccc(I)cc1)C(=O)CCCCNC(=O)c1ccc(CNC(=O)CN2CCN(CC(=O)O)CCN(CC(=O)O)CCN(CC(=O)O)CC2)cc1)C(=O)O)C(=O)O. The number of urea groups is 1. The van der Waals surface area contributed by atoms with Crippen molar-refractivity contribution in [3.63, 3.8) is 0 Å². The number of unbranched alkanes of at least 4 members (excludes halogenated alkanes) is 2. The first-order chi connectivity index (χ1) is 35.2. The van der Waals surface area contributed by atoms with E-state index in [1.54, 1.807) is 43.9 Å². The third-order valence-corrected chi connectivity index (χ3v) is 12.6. The smallest absolute Gasteiger partial charge is 0.326 e. The van der Waals surface area contributed by atoms with Gasteiger partial charge in [0.15, 0.2) is 0 Å². The van der Waals surface area contributed by atoms with Crippen LogP contribution >= 0.6 is 22.6 Å². The van der Waals surface area contributed by atoms with Gasteiger partial charge in [-0.3, -0.25) is 53.2 Å². The summed E-state index contributed by atoms with van der Waals surface area (Å²) in [5.41, 5.74) is 1.97. The molecule has 2 atom stereocenters. The van der Waals surface area contributed by atoms with Crippen LogP contribution in [0, 0.1) is 3.57 Å². The molecule has 1 aliphatic heterocycles. The lowest BCUT2D eigenvalue weighted by molar-refractivity contribution is -0.141. The Bertz CT molecular complexity index is 2170. The van der Waals surface area contributed by atoms with E-state index in [4.69, 9.17) is 5.11 Å². The summed E-state index contributed by atoms with van der Waals surface area (Å²) in [7, 11) is 0. The molecule has 1 heterocycles. The van der Waals surface area contributed by atoms with Crippen LogP contribution in [0.4, 0.5) is 4.79 Å². The molecule has 5 amide bonds. The lowest BCUT2D eigenvalue weighted by Gasteiger charge is -2.32. The molecule has 0 aliphatic carbocycles. The summed E-state index contributed by atoms with van der Waals surface area (Å²) in [6.07, 6.45) is 0.837. The Balaban J connectivity index is 1.48. The van der Waals surface area contributed by atoms with Gasteiger partial charge in [0.25, 0.3) is 5.91 Å². The second kappa shape index (κ2) is 33.4. The molecule has 0 radical (unpaired) electrons. The number of halogens is 1. The van der Waals surface area contributed by atoms with Crippen molar-refractivity contribution in [2.24, 2.45) is 0 Å². The highest BCUT2D eigenvalue weighted by Crippen LogP contribution is 2.14. The Kier molecular flexibility index (Phi) is 27.9. The number of hydrogen-bond acceptors (Lipinski definition) is 14. The van der Waals surface area contributed by atoms with Crippen LogP contribution in [0.3, 0.4) is 0 Å². The van der Waals surface area contributed by atoms with Gasteiger partial charge in [-0.1, -0.05) is 24.3 Å². The van der Waals surface area contributed by atoms with Gasteiger partial charge >= 0.3 is 41.8 Å². The van der Waals surface area contributed by atoms with E-state index in [0.717, 1.165) is 9.13 Å². The van der Waals surface area contributed by atoms with Crippen molar-refractivity contribution >= 4 is 82.2 Å². The summed E-state index contributed by atoms with van der Waals surface area (Å²) in [5, 5.41) is 66.3. The van der Waals surface area contributed by atoms with E-state index < -0.39 is 66.8 Å². The number of nitrogens with one attached hydrogen (secondary N) is 4. The molecule has 0 unspecified atom stereocenters. The van der Waals surface area contributed by atoms with Gasteiger partial charge < -0.3 is 56.8 Å². The van der Waals surface area contributed by atoms with Crippen LogP contribution in [0.25, 0.3) is 0 Å². The van der Waals surface area contributed by atoms with Crippen LogP contribution in [0.15, 0.2) is 48.5 Å². The fourth-order valence-corrected chi connectivity index (χ4v) is 8.14. The predicted molar refractivity (Wildman–Crippen MR) is 273 cm³/mol. The number of carboxylic acids is 6. The van der Waals surface area contributed by atoms with E-state index in [0.29, 0.717) is 50.0 Å². The lowest BCUT2D eigenvalue weighted by atomic mass is 10.1. The second-order valence-electron chi connectivity index (χ2n) is 17.7. The Morgan fingerprint density at radius 2 is 1.00 bits per heavy atom. The number of rotatable bonds is 30. The molecule has 74 heavy (non-hydrogen) atoms. The molecule has 2 aromatic rings. The third-order valence-electron chi connectivity index (χ3n) is 11.8. The molecule has 0 saturated carbocycles. The molecule has 1 saturated heterocycles. The first kappa shape index (κ1) is 61.8. The molecular weight excluding hydrogens is 1090 g/mol. The summed E-state index contributed by atoms with van der Waals surface area (Å²) < 4.78 is 1.01. The molecular formula is C48H68IN9O16. The highest BCUT2D eigenvalue weighted by atomic mass is 127. The van der Waals surface area contributed by atoms with Crippen molar-refractivity contribution in [1.29, 1.82) is 0 Å². The van der Waals surface area contributed by atoms with E-state index in [9.17, 15) is 73.5 Å². The van der Waals surface area contributed by atoms with Crippen LogP contribution in [0.2, 0.25) is 0 Å². The number of hydrogen-bond donors (Lipinski definition) is 10. The van der Waals surface area contributed by atoms with Crippen LogP contribution in [-0.2, 0) is 51.4 Å². The van der Waals surface area contributed by atoms with Crippen LogP contribution in [0.5, 0.6) is 0 Å². The molecule has 3 rings (SSSR count). The van der Waals surface area contributed by atoms with Gasteiger partial charge in [-0.05, 0) is 96.5 Å². The average Bonchev–Trinajstić information content (AvgIpc) is 3.33. The minimum Gasteiger partial charge on any atom is -0.481 e. The molecule has 0 bridgehead atoms. The number of carbonyl (C=O) groups is 10. The molecule has 25 nitrogen and oxygen atoms in total. The highest BCUT2D eigenvalue weighted by Gasteiger charge is 2.26. The van der Waals surface area contributed by atoms with E-state index in [1.165, 1.54) is 0 Å². The molecule has 408 valence electrons. The largest absolute Gasteiger partial charge is 0.481 e. The number of benzene rings is 2. The Morgan fingerprint density at radius 3 is 1.47 bits per heavy atom. The summed E-state index contributed by atoms with van der Waals surface area (Å²) in [6.45, 7) is 2.23. The van der Waals surface area contributed by atoms with Crippen molar-refractivity contribution in [2.45, 2.75) is 76.5 Å². The number of nitrogens with zero attached hydrogens (tertiary/aromatic N) is 5. The van der Waals surface area contributed by atoms with Crippen LogP contribution in [0.1, 0.15) is 72.9 Å². The summed E-state index contributed by atoms with van der Waals surface area (Å²) in [6, 6.07) is 10.3. The lowest BCUT2D eigenvalue weighted by Crippen LogP contribution is -2.51. The Morgan fingerprint density at radius 1 is 0.527 bits per heavy atom. The van der Waals surface area contributed by atoms with Crippen molar-refractivity contribution in [3.8, 4) is 0 Å². The zero-order valence-electron chi connectivity index (χ0n) is 41.1. The average molecular weight is 1150 g/mol. The number of carboxylic acid groups (broad SMARTS) is 6. The summed E-state index contributed by atoms with van der Waals surface area (Å²) in [4.78, 5) is 129. The number of amides is 5. The molecule has 10 N–H and O–H groups in total. The monoisotopic (exact) mass is 1150 g/mol. The number of carbonyl (C=O) groups excluding carboxylic acids is 4. The molecule has 1 aliphatic rings. The van der Waals surface area contributed by atoms with E-state index >= 15 is 0 Å². The summed E-state index contributed by atoms with van der Waals surface area (Å²) in [5.74, 6) is -8.06. The Hall–Kier alpha value is -6.49. The van der Waals surface area contributed by atoms with Crippen molar-refractivity contribution in [3.05, 3.63) is 68.8 Å². The standard InChI is InChI=1S/C48H68IN9O16/c49-36-13-9-34(10-14-36)28-58(18-4-2-5-37(46(70)71)52-48(74)53-38(47(72)73)15-16-41(61)62)40(60)6-1-3-17-50-45(69)35-11-7-33(8-12-35)27-51-39(59)29-54-19-21-55(30-42(63)64)23-25-57(32-44(67)68)26-24-56(22-20-54)31-43(65)66/h7-14,37-38H,1-6,15-32H2,(H,50,69)(H,51,59)(H,61,62)(H,63,64)(H,65,66)(H,67,68)(H,70,71)(H,72,73)(H2,52,53,74)/t37-,38-/m0/s1. The Labute approximate surface area is 441 Å². The van der Waals surface area contributed by atoms with Gasteiger partial charge in [0.1, 0.15) is 12.1 Å². The molecule has 1 fully saturated rings. The first-order valence-corrected chi connectivity index (χ1v) is 25.2. The zero-order chi connectivity index (χ0) is 54.6. The van der Waals surface area contributed by atoms with Gasteiger partial charge in [-0.2, -0.15) is 0 Å². The van der Waals surface area contributed by atoms with Gasteiger partial charge in [-0.15, -0.1) is 0 Å². The molecule has 0 aromatic heterocycles. The van der Waals surface area contributed by atoms with Gasteiger partial charge in [0.05, 0.1) is 26.2 Å². The van der Waals surface area contributed by atoms with E-state index in [2.05, 4.69) is 43.9 Å². The maximum Gasteiger partial charge on any atom is 0.326 e. The first-order valence-electron chi connectivity index (χ1n) is 24.1. The van der Waals surface area contributed by atoms with Crippen molar-refractivity contribution < 1.29 is 78.6 Å². The fourth-order valence-electron chi connectivity index (χ4n) is 7.78.